The second kappa shape index (κ2) is 44.0. The molecule has 12 heteroatoms. The highest BCUT2D eigenvalue weighted by atomic mass is 16.6. The maximum Gasteiger partial charge on any atom is 0.331 e. The standard InChI is InChI=1S/C52H96N2O10/c1-5-9-13-17-21-25-29-33-39-53(40-34-30-26-22-18-14-10-6-2)45(43-47(55)56)51(61)63-49(59)37-38-50(60)64-52(62)46(44-48(57)58)54(41-35-31-27-23-19-15-11-7-3)42-36-32-28-24-20-16-12-8-4/h45-46H,5-44H2,1-4H3,(H,55,56)(H,57,58)/t45-,46-/m0/s1. The van der Waals surface area contributed by atoms with Crippen LogP contribution in [0.1, 0.15) is 259 Å². The van der Waals surface area contributed by atoms with Crippen LogP contribution >= 0.6 is 0 Å². The Bertz CT molecular complexity index is 1070. The van der Waals surface area contributed by atoms with E-state index in [0.717, 1.165) is 103 Å². The number of carboxylic acids is 2. The Morgan fingerprint density at radius 3 is 0.750 bits per heavy atom. The number of esters is 4. The first kappa shape index (κ1) is 61.1. The lowest BCUT2D eigenvalue weighted by molar-refractivity contribution is -0.170. The fraction of sp³-hybridized carbons (Fsp3) is 0.885. The maximum absolute atomic E-state index is 13.5. The molecule has 0 saturated heterocycles. The Kier molecular flexibility index (Phi) is 42.0. The first-order chi connectivity index (χ1) is 31.0. The Labute approximate surface area is 390 Å². The molecule has 12 nitrogen and oxygen atoms in total. The van der Waals surface area contributed by atoms with Gasteiger partial charge in [-0.05, 0) is 51.9 Å². The zero-order valence-electron chi connectivity index (χ0n) is 41.5. The topological polar surface area (TPSA) is 168 Å². The molecule has 0 unspecified atom stereocenters. The quantitative estimate of drug-likeness (QED) is 0.0337. The summed E-state index contributed by atoms with van der Waals surface area (Å²) >= 11 is 0. The highest BCUT2D eigenvalue weighted by Gasteiger charge is 2.33. The van der Waals surface area contributed by atoms with Gasteiger partial charge in [-0.1, -0.05) is 207 Å². The molecular formula is C52H96N2O10. The average Bonchev–Trinajstić information content (AvgIpc) is 3.26. The van der Waals surface area contributed by atoms with Gasteiger partial charge in [0, 0.05) is 0 Å². The SMILES string of the molecule is CCCCCCCCCCN(CCCCCCCCCC)[C@@H](CC(=O)O)C(=O)OC(=O)CCC(=O)OC(=O)[C@H](CC(=O)O)N(CCCCCCCCCC)CCCCCCCCCC. The minimum Gasteiger partial charge on any atom is -0.481 e. The van der Waals surface area contributed by atoms with Crippen LogP contribution in [0.3, 0.4) is 0 Å². The second-order valence-electron chi connectivity index (χ2n) is 18.3. The van der Waals surface area contributed by atoms with Gasteiger partial charge in [-0.3, -0.25) is 29.0 Å². The van der Waals surface area contributed by atoms with Gasteiger partial charge in [0.2, 0.25) is 0 Å². The van der Waals surface area contributed by atoms with Gasteiger partial charge >= 0.3 is 35.8 Å². The zero-order chi connectivity index (χ0) is 47.5. The molecular weight excluding hydrogens is 813 g/mol. The number of carbonyl (C=O) groups is 6. The molecule has 0 aliphatic carbocycles. The van der Waals surface area contributed by atoms with Crippen molar-refractivity contribution in [3.63, 3.8) is 0 Å². The van der Waals surface area contributed by atoms with Crippen molar-refractivity contribution in [3.8, 4) is 0 Å². The Morgan fingerprint density at radius 1 is 0.344 bits per heavy atom. The molecule has 374 valence electrons. The van der Waals surface area contributed by atoms with Crippen LogP contribution in [0.25, 0.3) is 0 Å². The van der Waals surface area contributed by atoms with Crippen molar-refractivity contribution >= 4 is 35.8 Å². The monoisotopic (exact) mass is 909 g/mol. The van der Waals surface area contributed by atoms with Crippen LogP contribution in [-0.2, 0) is 38.2 Å². The molecule has 2 atom stereocenters. The van der Waals surface area contributed by atoms with Gasteiger partial charge in [-0.2, -0.15) is 0 Å². The fourth-order valence-corrected chi connectivity index (χ4v) is 8.36. The van der Waals surface area contributed by atoms with E-state index < -0.39 is 73.6 Å². The van der Waals surface area contributed by atoms with Crippen LogP contribution < -0.4 is 0 Å². The molecule has 0 aliphatic rings. The van der Waals surface area contributed by atoms with Crippen LogP contribution in [0.2, 0.25) is 0 Å². The number of rotatable bonds is 47. The third kappa shape index (κ3) is 36.4. The van der Waals surface area contributed by atoms with Gasteiger partial charge in [0.15, 0.2) is 0 Å². The van der Waals surface area contributed by atoms with Gasteiger partial charge in [-0.15, -0.1) is 0 Å². The molecule has 0 aromatic rings. The molecule has 0 aromatic heterocycles. The smallest absolute Gasteiger partial charge is 0.331 e. The number of unbranched alkanes of at least 4 members (excludes halogenated alkanes) is 28. The van der Waals surface area contributed by atoms with Crippen molar-refractivity contribution in [1.82, 2.24) is 9.80 Å². The molecule has 0 radical (unpaired) electrons. The van der Waals surface area contributed by atoms with Gasteiger partial charge in [0.25, 0.3) is 0 Å². The number of nitrogens with zero attached hydrogens (tertiary/aromatic N) is 2. The third-order valence-electron chi connectivity index (χ3n) is 12.3. The summed E-state index contributed by atoms with van der Waals surface area (Å²) in [6.07, 6.45) is 33.0. The van der Waals surface area contributed by atoms with E-state index in [1.165, 1.54) is 103 Å². The molecule has 0 spiro atoms. The summed E-state index contributed by atoms with van der Waals surface area (Å²) < 4.78 is 10.3. The number of hydrogen-bond acceptors (Lipinski definition) is 10. The van der Waals surface area contributed by atoms with E-state index in [2.05, 4.69) is 27.7 Å². The molecule has 0 aliphatic heterocycles. The van der Waals surface area contributed by atoms with Crippen molar-refractivity contribution in [3.05, 3.63) is 0 Å². The Balaban J connectivity index is 5.56. The lowest BCUT2D eigenvalue weighted by atomic mass is 10.1. The van der Waals surface area contributed by atoms with Crippen molar-refractivity contribution in [1.29, 1.82) is 0 Å². The number of carboxylic acid groups (broad SMARTS) is 2. The van der Waals surface area contributed by atoms with Crippen LogP contribution in [0, 0.1) is 0 Å². The van der Waals surface area contributed by atoms with E-state index in [1.807, 2.05) is 9.80 Å². The molecule has 2 N–H and O–H groups in total. The van der Waals surface area contributed by atoms with Crippen molar-refractivity contribution in [2.75, 3.05) is 26.2 Å². The molecule has 0 aromatic carbocycles. The van der Waals surface area contributed by atoms with E-state index >= 15 is 0 Å². The Morgan fingerprint density at radius 2 is 0.547 bits per heavy atom. The number of hydrogen-bond donors (Lipinski definition) is 2. The molecule has 0 rings (SSSR count). The van der Waals surface area contributed by atoms with Crippen molar-refractivity contribution in [2.24, 2.45) is 0 Å². The lowest BCUT2D eigenvalue weighted by Gasteiger charge is -2.29. The van der Waals surface area contributed by atoms with E-state index in [9.17, 15) is 39.0 Å². The fourth-order valence-electron chi connectivity index (χ4n) is 8.36. The number of carbonyl (C=O) groups excluding carboxylic acids is 4. The number of aliphatic carboxylic acids is 2. The molecule has 0 fully saturated rings. The predicted molar refractivity (Wildman–Crippen MR) is 257 cm³/mol. The van der Waals surface area contributed by atoms with E-state index in [1.54, 1.807) is 0 Å². The van der Waals surface area contributed by atoms with Gasteiger partial charge < -0.3 is 19.7 Å². The highest BCUT2D eigenvalue weighted by molar-refractivity contribution is 5.94. The maximum atomic E-state index is 13.5. The number of ether oxygens (including phenoxy) is 2. The summed E-state index contributed by atoms with van der Waals surface area (Å²) in [4.78, 5) is 80.6. The normalized spacial score (nSPS) is 12.4. The van der Waals surface area contributed by atoms with Gasteiger partial charge in [0.05, 0.1) is 25.7 Å². The van der Waals surface area contributed by atoms with Gasteiger partial charge in [0.1, 0.15) is 12.1 Å². The molecule has 0 bridgehead atoms. The third-order valence-corrected chi connectivity index (χ3v) is 12.3. The van der Waals surface area contributed by atoms with Crippen LogP contribution in [0.15, 0.2) is 0 Å². The van der Waals surface area contributed by atoms with Crippen LogP contribution in [0.5, 0.6) is 0 Å². The molecule has 0 saturated carbocycles. The largest absolute Gasteiger partial charge is 0.481 e. The van der Waals surface area contributed by atoms with E-state index in [0.29, 0.717) is 26.2 Å². The molecule has 64 heavy (non-hydrogen) atoms. The van der Waals surface area contributed by atoms with Gasteiger partial charge in [-0.25, -0.2) is 9.59 Å². The lowest BCUT2D eigenvalue weighted by Crippen LogP contribution is -2.45. The summed E-state index contributed by atoms with van der Waals surface area (Å²) in [7, 11) is 0. The molecule has 0 heterocycles. The van der Waals surface area contributed by atoms with Crippen molar-refractivity contribution < 1.29 is 48.5 Å². The van der Waals surface area contributed by atoms with Crippen molar-refractivity contribution in [2.45, 2.75) is 271 Å². The first-order valence-corrected chi connectivity index (χ1v) is 26.4. The summed E-state index contributed by atoms with van der Waals surface area (Å²) in [5.41, 5.74) is 0. The van der Waals surface area contributed by atoms with E-state index in [-0.39, 0.29) is 0 Å². The minimum absolute atomic E-state index is 0.508. The minimum atomic E-state index is -1.18. The predicted octanol–water partition coefficient (Wildman–Crippen LogP) is 12.8. The van der Waals surface area contributed by atoms with Crippen LogP contribution in [0.4, 0.5) is 0 Å². The summed E-state index contributed by atoms with van der Waals surface area (Å²) in [6.45, 7) is 10.8. The molecule has 0 amide bonds. The summed E-state index contributed by atoms with van der Waals surface area (Å²) in [5.74, 6) is -6.31. The van der Waals surface area contributed by atoms with Crippen LogP contribution in [-0.4, -0.2) is 94.1 Å². The first-order valence-electron chi connectivity index (χ1n) is 26.4. The summed E-state index contributed by atoms with van der Waals surface area (Å²) in [6, 6.07) is -2.32. The second-order valence-corrected chi connectivity index (χ2v) is 18.3. The van der Waals surface area contributed by atoms with E-state index in [4.69, 9.17) is 9.47 Å². The highest BCUT2D eigenvalue weighted by Crippen LogP contribution is 2.18. The Hall–Kier alpha value is -2.86. The zero-order valence-corrected chi connectivity index (χ0v) is 41.5. The summed E-state index contributed by atoms with van der Waals surface area (Å²) in [5, 5.41) is 19.6. The average molecular weight is 909 g/mol.